The van der Waals surface area contributed by atoms with Crippen LogP contribution in [0.2, 0.25) is 0 Å². The van der Waals surface area contributed by atoms with Gasteiger partial charge in [0.2, 0.25) is 0 Å². The number of phosphoric acid groups is 2. The first-order valence-electron chi connectivity index (χ1n) is 41.6. The third-order valence-electron chi connectivity index (χ3n) is 18.8. The number of carbonyl (C=O) groups excluding carboxylic acids is 4. The number of unbranched alkanes of at least 4 members (excludes halogenated alkanes) is 52. The number of hydrogen-bond acceptors (Lipinski definition) is 15. The third kappa shape index (κ3) is 74.1. The summed E-state index contributed by atoms with van der Waals surface area (Å²) in [4.78, 5) is 72.9. The second-order valence-electron chi connectivity index (χ2n) is 29.3. The van der Waals surface area contributed by atoms with Crippen molar-refractivity contribution in [3.8, 4) is 0 Å². The SMILES string of the molecule is CCCCCCCCCCCCCCCCCCCCCCCCC(=O)O[C@H](COC(=O)CCCCCCCCCCCCCCCCC(C)C)COP(=O)(O)OC[C@@H](O)COP(=O)(O)OC[C@@H](COC(=O)CCCCCCCCCCC)OC(=O)CCCCCCCCCCCCC. The van der Waals surface area contributed by atoms with Gasteiger partial charge in [-0.3, -0.25) is 37.3 Å². The maximum atomic E-state index is 13.1. The fourth-order valence-electron chi connectivity index (χ4n) is 12.4. The predicted octanol–water partition coefficient (Wildman–Crippen LogP) is 24.0. The molecule has 99 heavy (non-hydrogen) atoms. The van der Waals surface area contributed by atoms with Crippen LogP contribution in [0.3, 0.4) is 0 Å². The maximum Gasteiger partial charge on any atom is 0.472 e. The summed E-state index contributed by atoms with van der Waals surface area (Å²) < 4.78 is 68.6. The zero-order valence-electron chi connectivity index (χ0n) is 64.6. The van der Waals surface area contributed by atoms with E-state index in [1.165, 1.54) is 250 Å². The molecule has 0 aromatic carbocycles. The minimum Gasteiger partial charge on any atom is -0.462 e. The zero-order chi connectivity index (χ0) is 72.7. The van der Waals surface area contributed by atoms with Crippen LogP contribution in [-0.2, 0) is 65.4 Å². The molecule has 0 spiro atoms. The van der Waals surface area contributed by atoms with Crippen molar-refractivity contribution in [2.24, 2.45) is 5.92 Å². The van der Waals surface area contributed by atoms with Crippen molar-refractivity contribution in [3.63, 3.8) is 0 Å². The van der Waals surface area contributed by atoms with E-state index < -0.39 is 97.5 Å². The Morgan fingerprint density at radius 3 is 0.687 bits per heavy atom. The second-order valence-corrected chi connectivity index (χ2v) is 32.2. The van der Waals surface area contributed by atoms with Gasteiger partial charge in [-0.05, 0) is 31.6 Å². The molecular weight excluding hydrogens is 1290 g/mol. The number of aliphatic hydroxyl groups excluding tert-OH is 1. The molecule has 0 rings (SSSR count). The van der Waals surface area contributed by atoms with Gasteiger partial charge >= 0.3 is 39.5 Å². The fraction of sp³-hybridized carbons (Fsp3) is 0.950. The molecular formula is C80H156O17P2. The summed E-state index contributed by atoms with van der Waals surface area (Å²) in [5, 5.41) is 10.6. The highest BCUT2D eigenvalue weighted by atomic mass is 31.2. The lowest BCUT2D eigenvalue weighted by Crippen LogP contribution is -2.30. The van der Waals surface area contributed by atoms with E-state index in [1.54, 1.807) is 0 Å². The van der Waals surface area contributed by atoms with Crippen molar-refractivity contribution >= 4 is 39.5 Å². The van der Waals surface area contributed by atoms with Gasteiger partial charge in [0.25, 0.3) is 0 Å². The molecule has 3 N–H and O–H groups in total. The van der Waals surface area contributed by atoms with Crippen LogP contribution in [0.15, 0.2) is 0 Å². The molecule has 19 heteroatoms. The van der Waals surface area contributed by atoms with Crippen LogP contribution in [0.25, 0.3) is 0 Å². The van der Waals surface area contributed by atoms with Crippen molar-refractivity contribution in [1.82, 2.24) is 0 Å². The summed E-state index contributed by atoms with van der Waals surface area (Å²) in [6.45, 7) is 7.32. The van der Waals surface area contributed by atoms with Crippen LogP contribution in [0.1, 0.15) is 426 Å². The number of phosphoric ester groups is 2. The molecule has 0 radical (unpaired) electrons. The molecule has 0 aliphatic rings. The summed E-state index contributed by atoms with van der Waals surface area (Å²) in [6, 6.07) is 0. The minimum absolute atomic E-state index is 0.107. The van der Waals surface area contributed by atoms with Crippen LogP contribution < -0.4 is 0 Å². The van der Waals surface area contributed by atoms with Gasteiger partial charge in [0, 0.05) is 25.7 Å². The smallest absolute Gasteiger partial charge is 0.462 e. The molecule has 17 nitrogen and oxygen atoms in total. The Kier molecular flexibility index (Phi) is 71.6. The third-order valence-corrected chi connectivity index (χ3v) is 20.7. The van der Waals surface area contributed by atoms with Crippen molar-refractivity contribution in [3.05, 3.63) is 0 Å². The van der Waals surface area contributed by atoms with E-state index in [0.29, 0.717) is 25.7 Å². The van der Waals surface area contributed by atoms with Crippen LogP contribution in [-0.4, -0.2) is 96.7 Å². The Morgan fingerprint density at radius 1 is 0.273 bits per heavy atom. The van der Waals surface area contributed by atoms with Crippen molar-refractivity contribution < 1.29 is 80.2 Å². The molecule has 0 heterocycles. The zero-order valence-corrected chi connectivity index (χ0v) is 66.4. The van der Waals surface area contributed by atoms with E-state index in [2.05, 4.69) is 34.6 Å². The normalized spacial score (nSPS) is 13.9. The molecule has 5 atom stereocenters. The summed E-state index contributed by atoms with van der Waals surface area (Å²) in [5.41, 5.74) is 0. The quantitative estimate of drug-likeness (QED) is 0.0222. The lowest BCUT2D eigenvalue weighted by atomic mass is 10.0. The Morgan fingerprint density at radius 2 is 0.465 bits per heavy atom. The Balaban J connectivity index is 5.18. The number of esters is 4. The first-order chi connectivity index (χ1) is 48.0. The Bertz CT molecular complexity index is 1890. The van der Waals surface area contributed by atoms with Gasteiger partial charge in [-0.2, -0.15) is 0 Å². The average molecular weight is 1450 g/mol. The first kappa shape index (κ1) is 97.1. The summed E-state index contributed by atoms with van der Waals surface area (Å²) in [6.07, 6.45) is 63.9. The molecule has 0 saturated carbocycles. The Hall–Kier alpha value is -1.94. The first-order valence-corrected chi connectivity index (χ1v) is 44.6. The highest BCUT2D eigenvalue weighted by Crippen LogP contribution is 2.45. The summed E-state index contributed by atoms with van der Waals surface area (Å²) in [7, 11) is -9.91. The summed E-state index contributed by atoms with van der Waals surface area (Å²) >= 11 is 0. The number of ether oxygens (including phenoxy) is 4. The van der Waals surface area contributed by atoms with E-state index in [0.717, 1.165) is 95.8 Å². The molecule has 0 aliphatic heterocycles. The number of rotatable bonds is 80. The summed E-state index contributed by atoms with van der Waals surface area (Å²) in [5.74, 6) is -1.31. The monoisotopic (exact) mass is 1450 g/mol. The number of hydrogen-bond donors (Lipinski definition) is 3. The second kappa shape index (κ2) is 73.0. The average Bonchev–Trinajstić information content (AvgIpc) is 1.06. The van der Waals surface area contributed by atoms with E-state index in [-0.39, 0.29) is 25.7 Å². The standard InChI is InChI=1S/C80H156O17P2/c1-6-9-12-15-18-21-23-24-25-26-27-28-29-30-31-32-37-41-46-51-56-61-66-80(85)97-76(70-91-78(83)64-59-54-49-44-40-36-34-33-35-39-43-47-52-57-62-73(4)5)72-95-99(88,89)93-68-74(81)67-92-98(86,87)94-71-75(69-90-77(82)63-58-53-48-42-20-17-14-11-8-3)96-79(84)65-60-55-50-45-38-22-19-16-13-10-7-2/h73-76,81H,6-72H2,1-5H3,(H,86,87)(H,88,89)/t74-,75+,76+/m0/s1. The highest BCUT2D eigenvalue weighted by molar-refractivity contribution is 7.47. The molecule has 0 saturated heterocycles. The van der Waals surface area contributed by atoms with E-state index >= 15 is 0 Å². The lowest BCUT2D eigenvalue weighted by molar-refractivity contribution is -0.161. The number of carbonyl (C=O) groups is 4. The molecule has 0 aromatic heterocycles. The van der Waals surface area contributed by atoms with E-state index in [9.17, 15) is 43.2 Å². The maximum absolute atomic E-state index is 13.1. The fourth-order valence-corrected chi connectivity index (χ4v) is 14.0. The molecule has 0 aromatic rings. The molecule has 0 bridgehead atoms. The highest BCUT2D eigenvalue weighted by Gasteiger charge is 2.30. The molecule has 588 valence electrons. The van der Waals surface area contributed by atoms with Crippen LogP contribution in [0, 0.1) is 5.92 Å². The van der Waals surface area contributed by atoms with E-state index in [1.807, 2.05) is 0 Å². The predicted molar refractivity (Wildman–Crippen MR) is 405 cm³/mol. The van der Waals surface area contributed by atoms with Crippen LogP contribution >= 0.6 is 15.6 Å². The minimum atomic E-state index is -4.96. The van der Waals surface area contributed by atoms with Gasteiger partial charge in [-0.15, -0.1) is 0 Å². The molecule has 0 aliphatic carbocycles. The topological polar surface area (TPSA) is 237 Å². The van der Waals surface area contributed by atoms with Gasteiger partial charge in [0.05, 0.1) is 26.4 Å². The molecule has 0 fully saturated rings. The Labute approximate surface area is 607 Å². The van der Waals surface area contributed by atoms with Crippen molar-refractivity contribution in [2.45, 2.75) is 445 Å². The number of aliphatic hydroxyl groups is 1. The van der Waals surface area contributed by atoms with E-state index in [4.69, 9.17) is 37.0 Å². The van der Waals surface area contributed by atoms with Gasteiger partial charge in [0.1, 0.15) is 19.3 Å². The van der Waals surface area contributed by atoms with Gasteiger partial charge in [-0.25, -0.2) is 9.13 Å². The van der Waals surface area contributed by atoms with Crippen molar-refractivity contribution in [2.75, 3.05) is 39.6 Å². The van der Waals surface area contributed by atoms with Crippen LogP contribution in [0.5, 0.6) is 0 Å². The van der Waals surface area contributed by atoms with Gasteiger partial charge in [-0.1, -0.05) is 375 Å². The van der Waals surface area contributed by atoms with Crippen molar-refractivity contribution in [1.29, 1.82) is 0 Å². The lowest BCUT2D eigenvalue weighted by Gasteiger charge is -2.21. The van der Waals surface area contributed by atoms with Gasteiger partial charge in [0.15, 0.2) is 12.2 Å². The molecule has 2 unspecified atom stereocenters. The molecule has 0 amide bonds. The largest absolute Gasteiger partial charge is 0.472 e. The van der Waals surface area contributed by atoms with Crippen LogP contribution in [0.4, 0.5) is 0 Å². The van der Waals surface area contributed by atoms with Gasteiger partial charge < -0.3 is 33.8 Å².